The number of aryl methyl sites for hydroxylation is 1. The Labute approximate surface area is 94.4 Å². The third-order valence-electron chi connectivity index (χ3n) is 3.82. The standard InChI is InChI=1S/C12H18F2N2/c1-16-8-2-3-10(16)11(9-15)4-6-12(13,14)7-5-11/h2-3,8H,4-7,9,15H2,1H3. The van der Waals surface area contributed by atoms with Crippen molar-refractivity contribution in [3.63, 3.8) is 0 Å². The lowest BCUT2D eigenvalue weighted by atomic mass is 9.70. The second-order valence-corrected chi connectivity index (χ2v) is 4.84. The van der Waals surface area contributed by atoms with Crippen molar-refractivity contribution < 1.29 is 8.78 Å². The van der Waals surface area contributed by atoms with Crippen LogP contribution < -0.4 is 5.73 Å². The summed E-state index contributed by atoms with van der Waals surface area (Å²) in [7, 11) is 1.94. The van der Waals surface area contributed by atoms with Gasteiger partial charge in [0, 0.05) is 43.7 Å². The van der Waals surface area contributed by atoms with Gasteiger partial charge in [0.05, 0.1) is 0 Å². The van der Waals surface area contributed by atoms with Crippen molar-refractivity contribution in [1.82, 2.24) is 4.57 Å². The van der Waals surface area contributed by atoms with Crippen LogP contribution in [0.3, 0.4) is 0 Å². The highest BCUT2D eigenvalue weighted by molar-refractivity contribution is 5.21. The van der Waals surface area contributed by atoms with Gasteiger partial charge in [0.25, 0.3) is 0 Å². The van der Waals surface area contributed by atoms with Gasteiger partial charge in [0.15, 0.2) is 0 Å². The van der Waals surface area contributed by atoms with E-state index in [0.717, 1.165) is 5.69 Å². The van der Waals surface area contributed by atoms with Crippen molar-refractivity contribution in [1.29, 1.82) is 0 Å². The molecule has 1 heterocycles. The molecule has 0 spiro atoms. The van der Waals surface area contributed by atoms with Gasteiger partial charge >= 0.3 is 0 Å². The summed E-state index contributed by atoms with van der Waals surface area (Å²) in [5.74, 6) is -2.50. The van der Waals surface area contributed by atoms with Crippen LogP contribution in [0.1, 0.15) is 31.4 Å². The predicted octanol–water partition coefficient (Wildman–Crippen LogP) is 2.43. The first kappa shape index (κ1) is 11.6. The van der Waals surface area contributed by atoms with Crippen LogP contribution in [0.5, 0.6) is 0 Å². The smallest absolute Gasteiger partial charge is 0.248 e. The summed E-state index contributed by atoms with van der Waals surface area (Å²) in [6.45, 7) is 0.445. The predicted molar refractivity (Wildman–Crippen MR) is 59.6 cm³/mol. The second kappa shape index (κ2) is 3.84. The van der Waals surface area contributed by atoms with E-state index in [1.807, 2.05) is 29.9 Å². The van der Waals surface area contributed by atoms with Crippen LogP contribution in [0, 0.1) is 0 Å². The first-order chi connectivity index (χ1) is 7.49. The van der Waals surface area contributed by atoms with E-state index in [0.29, 0.717) is 19.4 Å². The fourth-order valence-electron chi connectivity index (χ4n) is 2.67. The van der Waals surface area contributed by atoms with Crippen molar-refractivity contribution in [2.24, 2.45) is 12.8 Å². The molecule has 0 atom stereocenters. The van der Waals surface area contributed by atoms with Crippen LogP contribution >= 0.6 is 0 Å². The molecule has 1 aliphatic rings. The third-order valence-corrected chi connectivity index (χ3v) is 3.82. The maximum atomic E-state index is 13.2. The highest BCUT2D eigenvalue weighted by Gasteiger charge is 2.44. The maximum Gasteiger partial charge on any atom is 0.248 e. The Morgan fingerprint density at radius 1 is 1.31 bits per heavy atom. The summed E-state index contributed by atoms with van der Waals surface area (Å²) < 4.78 is 28.4. The molecule has 16 heavy (non-hydrogen) atoms. The molecule has 0 unspecified atom stereocenters. The number of hydrogen-bond donors (Lipinski definition) is 1. The van der Waals surface area contributed by atoms with Gasteiger partial charge in [-0.05, 0) is 25.0 Å². The number of nitrogens with zero attached hydrogens (tertiary/aromatic N) is 1. The number of halogens is 2. The molecule has 1 aromatic rings. The summed E-state index contributed by atoms with van der Waals surface area (Å²) in [5, 5.41) is 0. The van der Waals surface area contributed by atoms with Gasteiger partial charge in [0.2, 0.25) is 5.92 Å². The Morgan fingerprint density at radius 3 is 2.38 bits per heavy atom. The van der Waals surface area contributed by atoms with Gasteiger partial charge in [-0.15, -0.1) is 0 Å². The Morgan fingerprint density at radius 2 is 1.94 bits per heavy atom. The maximum absolute atomic E-state index is 13.2. The third kappa shape index (κ3) is 1.86. The van der Waals surface area contributed by atoms with Gasteiger partial charge in [-0.25, -0.2) is 8.78 Å². The van der Waals surface area contributed by atoms with Crippen LogP contribution in [0.15, 0.2) is 18.3 Å². The molecule has 1 aliphatic carbocycles. The minimum Gasteiger partial charge on any atom is -0.354 e. The Kier molecular flexibility index (Phi) is 2.78. The van der Waals surface area contributed by atoms with Gasteiger partial charge in [0.1, 0.15) is 0 Å². The van der Waals surface area contributed by atoms with Crippen molar-refractivity contribution in [2.45, 2.75) is 37.0 Å². The van der Waals surface area contributed by atoms with E-state index in [2.05, 4.69) is 0 Å². The molecule has 0 amide bonds. The summed E-state index contributed by atoms with van der Waals surface area (Å²) in [5.41, 5.74) is 6.67. The fraction of sp³-hybridized carbons (Fsp3) is 0.667. The molecule has 1 aromatic heterocycles. The molecule has 2 N–H and O–H groups in total. The monoisotopic (exact) mass is 228 g/mol. The minimum absolute atomic E-state index is 0.0463. The largest absolute Gasteiger partial charge is 0.354 e. The van der Waals surface area contributed by atoms with Crippen molar-refractivity contribution in [2.75, 3.05) is 6.54 Å². The minimum atomic E-state index is -2.50. The molecule has 2 rings (SSSR count). The molecule has 1 fully saturated rings. The number of nitrogens with two attached hydrogens (primary N) is 1. The molecular formula is C12H18F2N2. The zero-order valence-corrected chi connectivity index (χ0v) is 9.55. The molecule has 90 valence electrons. The first-order valence-electron chi connectivity index (χ1n) is 5.69. The lowest BCUT2D eigenvalue weighted by Crippen LogP contribution is -2.43. The van der Waals surface area contributed by atoms with E-state index >= 15 is 0 Å². The molecule has 0 radical (unpaired) electrons. The number of alkyl halides is 2. The average Bonchev–Trinajstić information content (AvgIpc) is 2.66. The zero-order valence-electron chi connectivity index (χ0n) is 9.55. The molecule has 4 heteroatoms. The molecule has 0 bridgehead atoms. The topological polar surface area (TPSA) is 30.9 Å². The molecule has 2 nitrogen and oxygen atoms in total. The Hall–Kier alpha value is -0.900. The highest BCUT2D eigenvalue weighted by atomic mass is 19.3. The average molecular weight is 228 g/mol. The molecule has 0 aromatic carbocycles. The van der Waals surface area contributed by atoms with Crippen LogP contribution in [-0.2, 0) is 12.5 Å². The number of aromatic nitrogens is 1. The fourth-order valence-corrected chi connectivity index (χ4v) is 2.67. The second-order valence-electron chi connectivity index (χ2n) is 4.84. The van der Waals surface area contributed by atoms with Gasteiger partial charge in [-0.2, -0.15) is 0 Å². The van der Waals surface area contributed by atoms with E-state index in [4.69, 9.17) is 5.73 Å². The Balaban J connectivity index is 2.26. The van der Waals surface area contributed by atoms with Crippen LogP contribution in [0.4, 0.5) is 8.78 Å². The van der Waals surface area contributed by atoms with Gasteiger partial charge in [-0.1, -0.05) is 0 Å². The summed E-state index contributed by atoms with van der Waals surface area (Å²) in [4.78, 5) is 0. The summed E-state index contributed by atoms with van der Waals surface area (Å²) >= 11 is 0. The quantitative estimate of drug-likeness (QED) is 0.828. The van der Waals surface area contributed by atoms with E-state index in [1.165, 1.54) is 0 Å². The van der Waals surface area contributed by atoms with Crippen molar-refractivity contribution in [3.05, 3.63) is 24.0 Å². The zero-order chi connectivity index (χ0) is 11.8. The lowest BCUT2D eigenvalue weighted by Gasteiger charge is -2.39. The van der Waals surface area contributed by atoms with E-state index in [1.54, 1.807) is 0 Å². The number of rotatable bonds is 2. The van der Waals surface area contributed by atoms with Crippen molar-refractivity contribution in [3.8, 4) is 0 Å². The lowest BCUT2D eigenvalue weighted by molar-refractivity contribution is -0.0517. The van der Waals surface area contributed by atoms with Crippen molar-refractivity contribution >= 4 is 0 Å². The van der Waals surface area contributed by atoms with Gasteiger partial charge in [-0.3, -0.25) is 0 Å². The van der Waals surface area contributed by atoms with Crippen LogP contribution in [0.2, 0.25) is 0 Å². The van der Waals surface area contributed by atoms with E-state index in [9.17, 15) is 8.78 Å². The van der Waals surface area contributed by atoms with Crippen LogP contribution in [-0.4, -0.2) is 17.0 Å². The Bertz CT molecular complexity index is 361. The van der Waals surface area contributed by atoms with E-state index in [-0.39, 0.29) is 18.3 Å². The van der Waals surface area contributed by atoms with E-state index < -0.39 is 5.92 Å². The summed E-state index contributed by atoms with van der Waals surface area (Å²) in [6, 6.07) is 3.94. The highest BCUT2D eigenvalue weighted by Crippen LogP contribution is 2.44. The molecular weight excluding hydrogens is 210 g/mol. The van der Waals surface area contributed by atoms with Gasteiger partial charge < -0.3 is 10.3 Å². The summed E-state index contributed by atoms with van der Waals surface area (Å²) in [6.07, 6.45) is 2.81. The normalized spacial score (nSPS) is 23.2. The van der Waals surface area contributed by atoms with Crippen LogP contribution in [0.25, 0.3) is 0 Å². The SMILES string of the molecule is Cn1cccc1C1(CN)CCC(F)(F)CC1. The molecule has 1 saturated carbocycles. The first-order valence-corrected chi connectivity index (χ1v) is 5.69. The molecule has 0 aliphatic heterocycles. The molecule has 0 saturated heterocycles. The number of hydrogen-bond acceptors (Lipinski definition) is 1.